The van der Waals surface area contributed by atoms with Crippen LogP contribution in [0.4, 0.5) is 4.39 Å². The Hall–Kier alpha value is -3.29. The van der Waals surface area contributed by atoms with Gasteiger partial charge in [0.15, 0.2) is 11.5 Å². The summed E-state index contributed by atoms with van der Waals surface area (Å²) in [6.07, 6.45) is 0.407. The van der Waals surface area contributed by atoms with Crippen molar-refractivity contribution in [2.24, 2.45) is 0 Å². The van der Waals surface area contributed by atoms with Gasteiger partial charge in [0.2, 0.25) is 12.7 Å². The molecule has 174 valence electrons. The van der Waals surface area contributed by atoms with Crippen LogP contribution in [-0.2, 0) is 17.8 Å². The Morgan fingerprint density at radius 1 is 1.06 bits per heavy atom. The molecule has 0 saturated carbocycles. The summed E-state index contributed by atoms with van der Waals surface area (Å²) in [5, 5.41) is 3.73. The van der Waals surface area contributed by atoms with Gasteiger partial charge < -0.3 is 19.4 Å². The van der Waals surface area contributed by atoms with Crippen molar-refractivity contribution in [1.82, 2.24) is 14.9 Å². The van der Waals surface area contributed by atoms with Gasteiger partial charge in [0.1, 0.15) is 17.7 Å². The highest BCUT2D eigenvalue weighted by molar-refractivity contribution is 6.42. The van der Waals surface area contributed by atoms with Gasteiger partial charge in [-0.25, -0.2) is 9.37 Å². The monoisotopic (exact) mass is 499 g/mol. The number of benzene rings is 3. The molecule has 1 aliphatic heterocycles. The normalized spacial score (nSPS) is 13.3. The first kappa shape index (κ1) is 22.5. The van der Waals surface area contributed by atoms with E-state index in [1.165, 1.54) is 12.1 Å². The first-order chi connectivity index (χ1) is 16.4. The molecule has 1 aliphatic rings. The second kappa shape index (κ2) is 9.16. The number of imidazole rings is 1. The Labute approximate surface area is 205 Å². The molecule has 9 heteroatoms. The minimum atomic E-state index is -0.591. The molecule has 1 N–H and O–H groups in total. The number of carbonyl (C=O) groups excluding carboxylic acids is 1. The molecule has 0 spiro atoms. The van der Waals surface area contributed by atoms with Crippen molar-refractivity contribution in [1.29, 1.82) is 0 Å². The van der Waals surface area contributed by atoms with Gasteiger partial charge in [-0.3, -0.25) is 4.79 Å². The molecule has 5 rings (SSSR count). The first-order valence-corrected chi connectivity index (χ1v) is 11.4. The fourth-order valence-corrected chi connectivity index (χ4v) is 4.30. The van der Waals surface area contributed by atoms with Crippen molar-refractivity contribution in [3.05, 3.63) is 87.4 Å². The van der Waals surface area contributed by atoms with E-state index in [9.17, 15) is 9.18 Å². The van der Waals surface area contributed by atoms with Crippen molar-refractivity contribution >= 4 is 40.1 Å². The molecule has 0 unspecified atom stereocenters. The summed E-state index contributed by atoms with van der Waals surface area (Å²) in [4.78, 5) is 17.9. The first-order valence-electron chi connectivity index (χ1n) is 10.7. The molecule has 0 bridgehead atoms. The number of carbonyl (C=O) groups is 1. The minimum absolute atomic E-state index is 0.191. The molecule has 0 radical (unpaired) electrons. The number of ether oxygens (including phenoxy) is 2. The molecular weight excluding hydrogens is 480 g/mol. The second-order valence-corrected chi connectivity index (χ2v) is 8.85. The van der Waals surface area contributed by atoms with Gasteiger partial charge in [-0.15, -0.1) is 0 Å². The SMILES string of the molecule is C[C@@H](C(=O)NCc1ccc2c(c1)OCO2)n1c(Cc2ccc(F)cc2)nc2cc(Cl)c(Cl)cc21. The van der Waals surface area contributed by atoms with E-state index in [0.717, 1.165) is 11.1 Å². The van der Waals surface area contributed by atoms with Crippen LogP contribution >= 0.6 is 23.2 Å². The third kappa shape index (κ3) is 4.41. The smallest absolute Gasteiger partial charge is 0.243 e. The van der Waals surface area contributed by atoms with Gasteiger partial charge >= 0.3 is 0 Å². The highest BCUT2D eigenvalue weighted by Crippen LogP contribution is 2.33. The lowest BCUT2D eigenvalue weighted by atomic mass is 10.1. The van der Waals surface area contributed by atoms with Crippen LogP contribution in [-0.4, -0.2) is 22.3 Å². The van der Waals surface area contributed by atoms with Crippen LogP contribution in [0.3, 0.4) is 0 Å². The van der Waals surface area contributed by atoms with E-state index in [4.69, 9.17) is 37.7 Å². The summed E-state index contributed by atoms with van der Waals surface area (Å²) < 4.78 is 26.0. The lowest BCUT2D eigenvalue weighted by Gasteiger charge is -2.18. The average molecular weight is 500 g/mol. The maximum atomic E-state index is 13.4. The van der Waals surface area contributed by atoms with Crippen LogP contribution in [0.2, 0.25) is 10.0 Å². The van der Waals surface area contributed by atoms with E-state index in [2.05, 4.69) is 5.32 Å². The molecule has 34 heavy (non-hydrogen) atoms. The zero-order valence-electron chi connectivity index (χ0n) is 18.1. The van der Waals surface area contributed by atoms with Crippen molar-refractivity contribution < 1.29 is 18.7 Å². The maximum Gasteiger partial charge on any atom is 0.243 e. The highest BCUT2D eigenvalue weighted by Gasteiger charge is 2.23. The molecule has 4 aromatic rings. The highest BCUT2D eigenvalue weighted by atomic mass is 35.5. The zero-order valence-corrected chi connectivity index (χ0v) is 19.7. The molecule has 1 aromatic heterocycles. The van der Waals surface area contributed by atoms with Gasteiger partial charge in [-0.2, -0.15) is 0 Å². The number of hydrogen-bond donors (Lipinski definition) is 1. The summed E-state index contributed by atoms with van der Waals surface area (Å²) in [5.41, 5.74) is 3.07. The van der Waals surface area contributed by atoms with E-state index < -0.39 is 6.04 Å². The largest absolute Gasteiger partial charge is 0.454 e. The number of aromatic nitrogens is 2. The molecule has 0 saturated heterocycles. The molecule has 2 heterocycles. The number of hydrogen-bond acceptors (Lipinski definition) is 4. The predicted molar refractivity (Wildman–Crippen MR) is 128 cm³/mol. The Bertz CT molecular complexity index is 1390. The molecule has 1 amide bonds. The van der Waals surface area contributed by atoms with Gasteiger partial charge in [0.05, 0.1) is 21.1 Å². The van der Waals surface area contributed by atoms with E-state index in [0.29, 0.717) is 51.4 Å². The Balaban J connectivity index is 1.43. The third-order valence-electron chi connectivity index (χ3n) is 5.75. The van der Waals surface area contributed by atoms with Crippen LogP contribution in [0.1, 0.15) is 29.9 Å². The third-order valence-corrected chi connectivity index (χ3v) is 6.47. The quantitative estimate of drug-likeness (QED) is 0.370. The second-order valence-electron chi connectivity index (χ2n) is 8.04. The minimum Gasteiger partial charge on any atom is -0.454 e. The molecular formula is C25H20Cl2FN3O3. The molecule has 1 atom stereocenters. The molecule has 0 aliphatic carbocycles. The summed E-state index contributed by atoms with van der Waals surface area (Å²) in [6.45, 7) is 2.32. The Morgan fingerprint density at radius 2 is 1.76 bits per heavy atom. The Morgan fingerprint density at radius 3 is 2.56 bits per heavy atom. The van der Waals surface area contributed by atoms with Crippen LogP contribution in [0, 0.1) is 5.82 Å². The fourth-order valence-electron chi connectivity index (χ4n) is 3.99. The van der Waals surface area contributed by atoms with Gasteiger partial charge in [-0.05, 0) is 54.4 Å². The standard InChI is InChI=1S/C25H20Cl2FN3O3/c1-14(25(32)29-12-16-4-7-22-23(8-16)34-13-33-22)31-21-11-19(27)18(26)10-20(21)30-24(31)9-15-2-5-17(28)6-3-15/h2-8,10-11,14H,9,12-13H2,1H3,(H,29,32)/t14-/m0/s1. The van der Waals surface area contributed by atoms with Crippen LogP contribution in [0.15, 0.2) is 54.6 Å². The molecule has 3 aromatic carbocycles. The topological polar surface area (TPSA) is 65.4 Å². The summed E-state index contributed by atoms with van der Waals surface area (Å²) >= 11 is 12.5. The van der Waals surface area contributed by atoms with Crippen LogP contribution < -0.4 is 14.8 Å². The summed E-state index contributed by atoms with van der Waals surface area (Å²) in [7, 11) is 0. The number of amides is 1. The van der Waals surface area contributed by atoms with Crippen LogP contribution in [0.25, 0.3) is 11.0 Å². The van der Waals surface area contributed by atoms with Gasteiger partial charge in [0.25, 0.3) is 0 Å². The number of nitrogens with zero attached hydrogens (tertiary/aromatic N) is 2. The fraction of sp³-hybridized carbons (Fsp3) is 0.200. The maximum absolute atomic E-state index is 13.4. The number of rotatable bonds is 6. The lowest BCUT2D eigenvalue weighted by Crippen LogP contribution is -2.31. The number of halogens is 3. The number of nitrogens with one attached hydrogen (secondary N) is 1. The predicted octanol–water partition coefficient (Wildman–Crippen LogP) is 5.68. The number of fused-ring (bicyclic) bond motifs is 2. The average Bonchev–Trinajstić information content (AvgIpc) is 3.42. The van der Waals surface area contributed by atoms with E-state index in [-0.39, 0.29) is 18.5 Å². The van der Waals surface area contributed by atoms with E-state index in [1.54, 1.807) is 31.2 Å². The van der Waals surface area contributed by atoms with E-state index >= 15 is 0 Å². The van der Waals surface area contributed by atoms with Gasteiger partial charge in [0, 0.05) is 13.0 Å². The van der Waals surface area contributed by atoms with Crippen molar-refractivity contribution in [3.63, 3.8) is 0 Å². The zero-order chi connectivity index (χ0) is 23.8. The van der Waals surface area contributed by atoms with Crippen molar-refractivity contribution in [2.75, 3.05) is 6.79 Å². The van der Waals surface area contributed by atoms with Crippen molar-refractivity contribution in [3.8, 4) is 11.5 Å². The summed E-state index contributed by atoms with van der Waals surface area (Å²) in [5.74, 6) is 1.49. The van der Waals surface area contributed by atoms with E-state index in [1.807, 2.05) is 22.8 Å². The van der Waals surface area contributed by atoms with Crippen molar-refractivity contribution in [2.45, 2.75) is 25.9 Å². The Kier molecular flexibility index (Phi) is 6.06. The molecule has 6 nitrogen and oxygen atoms in total. The van der Waals surface area contributed by atoms with Gasteiger partial charge in [-0.1, -0.05) is 41.4 Å². The molecule has 0 fully saturated rings. The van der Waals surface area contributed by atoms with Crippen LogP contribution in [0.5, 0.6) is 11.5 Å². The lowest BCUT2D eigenvalue weighted by molar-refractivity contribution is -0.124. The summed E-state index contributed by atoms with van der Waals surface area (Å²) in [6, 6.07) is 14.6.